The van der Waals surface area contributed by atoms with E-state index in [1.165, 1.54) is 12.1 Å². The number of likely N-dealkylation sites (N-methyl/N-ethyl adjacent to an activating group) is 1. The number of benzene rings is 2. The van der Waals surface area contributed by atoms with E-state index in [0.717, 1.165) is 0 Å². The molecule has 2 aromatic rings. The molecule has 1 spiro atoms. The highest BCUT2D eigenvalue weighted by molar-refractivity contribution is 6.31. The van der Waals surface area contributed by atoms with Crippen LogP contribution in [-0.2, 0) is 15.0 Å². The Morgan fingerprint density at radius 1 is 1.25 bits per heavy atom. The van der Waals surface area contributed by atoms with Gasteiger partial charge >= 0.3 is 5.97 Å². The highest BCUT2D eigenvalue weighted by Crippen LogP contribution is 2.59. The summed E-state index contributed by atoms with van der Waals surface area (Å²) < 4.78 is 15.4. The third-order valence-electron chi connectivity index (χ3n) is 6.69. The summed E-state index contributed by atoms with van der Waals surface area (Å²) in [6.07, 6.45) is 0.515. The smallest absolute Gasteiger partial charge is 0.321 e. The van der Waals surface area contributed by atoms with Gasteiger partial charge in [-0.05, 0) is 48.2 Å². The van der Waals surface area contributed by atoms with E-state index in [2.05, 4.69) is 5.32 Å². The van der Waals surface area contributed by atoms with E-state index in [9.17, 15) is 14.7 Å². The summed E-state index contributed by atoms with van der Waals surface area (Å²) in [6, 6.07) is 7.96. The molecule has 170 valence electrons. The fourth-order valence-electron chi connectivity index (χ4n) is 5.55. The van der Waals surface area contributed by atoms with E-state index in [0.29, 0.717) is 22.7 Å². The molecule has 0 bridgehead atoms. The van der Waals surface area contributed by atoms with Crippen LogP contribution in [0, 0.1) is 11.2 Å². The molecule has 2 heterocycles. The maximum absolute atomic E-state index is 15.4. The van der Waals surface area contributed by atoms with Gasteiger partial charge in [0.05, 0.1) is 5.02 Å². The van der Waals surface area contributed by atoms with Gasteiger partial charge < -0.3 is 10.4 Å². The van der Waals surface area contributed by atoms with Crippen molar-refractivity contribution in [2.75, 3.05) is 12.4 Å². The molecular weight excluding hydrogens is 454 g/mol. The summed E-state index contributed by atoms with van der Waals surface area (Å²) in [5.41, 5.74) is -0.302. The molecule has 4 atom stereocenters. The number of halogens is 3. The zero-order chi connectivity index (χ0) is 23.6. The number of amides is 1. The number of nitrogens with zero attached hydrogens (tertiary/aromatic N) is 1. The summed E-state index contributed by atoms with van der Waals surface area (Å²) in [5.74, 6) is -3.19. The van der Waals surface area contributed by atoms with E-state index in [-0.39, 0.29) is 21.9 Å². The van der Waals surface area contributed by atoms with Crippen LogP contribution in [0.15, 0.2) is 36.4 Å². The van der Waals surface area contributed by atoms with Crippen LogP contribution in [0.2, 0.25) is 10.0 Å². The Morgan fingerprint density at radius 3 is 2.56 bits per heavy atom. The van der Waals surface area contributed by atoms with Gasteiger partial charge in [-0.25, -0.2) is 4.39 Å². The monoisotopic (exact) mass is 478 g/mol. The zero-order valence-electron chi connectivity index (χ0n) is 18.2. The second-order valence-electron chi connectivity index (χ2n) is 9.86. The second-order valence-corrected chi connectivity index (χ2v) is 10.7. The highest BCUT2D eigenvalue weighted by atomic mass is 35.5. The largest absolute Gasteiger partial charge is 0.480 e. The molecule has 1 amide bonds. The highest BCUT2D eigenvalue weighted by Gasteiger charge is 2.68. The van der Waals surface area contributed by atoms with Gasteiger partial charge in [-0.1, -0.05) is 62.2 Å². The van der Waals surface area contributed by atoms with Crippen molar-refractivity contribution in [2.24, 2.45) is 5.41 Å². The van der Waals surface area contributed by atoms with E-state index in [4.69, 9.17) is 23.2 Å². The van der Waals surface area contributed by atoms with Crippen LogP contribution in [-0.4, -0.2) is 41.0 Å². The second kappa shape index (κ2) is 7.72. The van der Waals surface area contributed by atoms with Crippen molar-refractivity contribution in [3.63, 3.8) is 0 Å². The lowest BCUT2D eigenvalue weighted by molar-refractivity contribution is -0.142. The molecule has 5 nitrogen and oxygen atoms in total. The third-order valence-corrected chi connectivity index (χ3v) is 7.22. The van der Waals surface area contributed by atoms with Gasteiger partial charge in [-0.3, -0.25) is 14.5 Å². The Morgan fingerprint density at radius 2 is 1.94 bits per heavy atom. The quantitative estimate of drug-likeness (QED) is 0.626. The molecule has 1 saturated heterocycles. The molecule has 8 heteroatoms. The SMILES string of the molecule is CN1[C@@H](C(=O)O)[C@H](c2cccc(Cl)c2F)[C@@]2(C(=O)Nc3cc(Cl)ccc32)[C@H]1CC(C)(C)C. The Labute approximate surface area is 196 Å². The molecule has 32 heavy (non-hydrogen) atoms. The summed E-state index contributed by atoms with van der Waals surface area (Å²) in [6.45, 7) is 6.10. The average Bonchev–Trinajstić information content (AvgIpc) is 3.09. The van der Waals surface area contributed by atoms with E-state index < -0.39 is 35.2 Å². The van der Waals surface area contributed by atoms with Gasteiger partial charge in [0.2, 0.25) is 5.91 Å². The van der Waals surface area contributed by atoms with Crippen molar-refractivity contribution in [1.82, 2.24) is 4.90 Å². The minimum atomic E-state index is -1.34. The summed E-state index contributed by atoms with van der Waals surface area (Å²) in [7, 11) is 1.70. The number of likely N-dealkylation sites (tertiary alicyclic amines) is 1. The van der Waals surface area contributed by atoms with Crippen LogP contribution in [0.1, 0.15) is 44.2 Å². The topological polar surface area (TPSA) is 69.6 Å². The number of carboxylic acid groups (broad SMARTS) is 1. The maximum atomic E-state index is 15.4. The predicted molar refractivity (Wildman–Crippen MR) is 123 cm³/mol. The fourth-order valence-corrected chi connectivity index (χ4v) is 5.91. The zero-order valence-corrected chi connectivity index (χ0v) is 19.8. The van der Waals surface area contributed by atoms with E-state index >= 15 is 4.39 Å². The fraction of sp³-hybridized carbons (Fsp3) is 0.417. The van der Waals surface area contributed by atoms with Crippen LogP contribution in [0.5, 0.6) is 0 Å². The molecule has 0 aromatic heterocycles. The molecule has 0 unspecified atom stereocenters. The number of hydrogen-bond acceptors (Lipinski definition) is 3. The number of fused-ring (bicyclic) bond motifs is 2. The minimum Gasteiger partial charge on any atom is -0.480 e. The van der Waals surface area contributed by atoms with Crippen molar-refractivity contribution in [1.29, 1.82) is 0 Å². The van der Waals surface area contributed by atoms with Crippen LogP contribution >= 0.6 is 23.2 Å². The Bertz CT molecular complexity index is 1120. The molecule has 2 N–H and O–H groups in total. The molecule has 2 aliphatic rings. The molecule has 0 saturated carbocycles. The van der Waals surface area contributed by atoms with Crippen molar-refractivity contribution in [3.8, 4) is 0 Å². The molecule has 4 rings (SSSR count). The summed E-state index contributed by atoms with van der Waals surface area (Å²) in [5, 5.41) is 13.5. The maximum Gasteiger partial charge on any atom is 0.321 e. The molecule has 2 aliphatic heterocycles. The number of carbonyl (C=O) groups is 2. The van der Waals surface area contributed by atoms with E-state index in [1.54, 1.807) is 36.2 Å². The van der Waals surface area contributed by atoms with Gasteiger partial charge in [-0.15, -0.1) is 0 Å². The number of hydrogen-bond donors (Lipinski definition) is 2. The van der Waals surface area contributed by atoms with Crippen molar-refractivity contribution in [2.45, 2.75) is 50.6 Å². The van der Waals surface area contributed by atoms with Gasteiger partial charge in [-0.2, -0.15) is 0 Å². The Hall–Kier alpha value is -2.15. The van der Waals surface area contributed by atoms with Crippen molar-refractivity contribution in [3.05, 3.63) is 63.4 Å². The number of anilines is 1. The lowest BCUT2D eigenvalue weighted by Gasteiger charge is -2.39. The van der Waals surface area contributed by atoms with Gasteiger partial charge in [0, 0.05) is 22.7 Å². The van der Waals surface area contributed by atoms with Gasteiger partial charge in [0.25, 0.3) is 0 Å². The predicted octanol–water partition coefficient (Wildman–Crippen LogP) is 5.31. The molecular formula is C24H25Cl2FN2O3. The van der Waals surface area contributed by atoms with Gasteiger partial charge in [0.1, 0.15) is 17.3 Å². The number of carbonyl (C=O) groups excluding carboxylic acids is 1. The van der Waals surface area contributed by atoms with Crippen LogP contribution < -0.4 is 5.32 Å². The van der Waals surface area contributed by atoms with Gasteiger partial charge in [0.15, 0.2) is 0 Å². The van der Waals surface area contributed by atoms with Crippen molar-refractivity contribution < 1.29 is 19.1 Å². The minimum absolute atomic E-state index is 0.113. The third kappa shape index (κ3) is 3.31. The molecule has 1 fully saturated rings. The van der Waals surface area contributed by atoms with Crippen LogP contribution in [0.25, 0.3) is 0 Å². The van der Waals surface area contributed by atoms with Crippen LogP contribution in [0.4, 0.5) is 10.1 Å². The van der Waals surface area contributed by atoms with E-state index in [1.807, 2.05) is 20.8 Å². The number of aliphatic carboxylic acids is 1. The first-order valence-electron chi connectivity index (χ1n) is 10.4. The lowest BCUT2D eigenvalue weighted by atomic mass is 9.62. The molecule has 2 aromatic carbocycles. The molecule has 0 aliphatic carbocycles. The number of nitrogens with one attached hydrogen (secondary N) is 1. The first-order chi connectivity index (χ1) is 14.9. The summed E-state index contributed by atoms with van der Waals surface area (Å²) in [4.78, 5) is 28.1. The summed E-state index contributed by atoms with van der Waals surface area (Å²) >= 11 is 12.3. The average molecular weight is 479 g/mol. The Kier molecular flexibility index (Phi) is 5.55. The molecule has 0 radical (unpaired) electrons. The Balaban J connectivity index is 2.09. The lowest BCUT2D eigenvalue weighted by Crippen LogP contribution is -2.50. The standard InChI is InChI=1S/C24H25Cl2FN2O3/c1-23(2,3)11-17-24(14-9-8-12(25)10-16(14)28-22(24)32)18(20(21(30)31)29(17)4)13-6-5-7-15(26)19(13)27/h5-10,17-18,20H,11H2,1-4H3,(H,28,32)(H,30,31)/t17-,18+,20-,24+/m1/s1. The number of carboxylic acids is 1. The normalized spacial score (nSPS) is 27.6. The first-order valence-corrected chi connectivity index (χ1v) is 11.2. The van der Waals surface area contributed by atoms with Crippen LogP contribution in [0.3, 0.4) is 0 Å². The number of rotatable bonds is 3. The van der Waals surface area contributed by atoms with Crippen molar-refractivity contribution >= 4 is 40.8 Å². The first kappa shape index (κ1) is 23.0.